The fraction of sp³-hybridized carbons (Fsp3) is 0.391. The second kappa shape index (κ2) is 8.49. The number of ketones is 1. The van der Waals surface area contributed by atoms with Crippen LogP contribution in [0.25, 0.3) is 0 Å². The summed E-state index contributed by atoms with van der Waals surface area (Å²) >= 11 is 0. The molecule has 1 amide bonds. The molecule has 0 aliphatic carbocycles. The Balaban J connectivity index is 2.13. The summed E-state index contributed by atoms with van der Waals surface area (Å²) < 4.78 is 0. The van der Waals surface area contributed by atoms with Crippen molar-refractivity contribution < 1.29 is 9.59 Å². The van der Waals surface area contributed by atoms with Gasteiger partial charge in [-0.3, -0.25) is 19.8 Å². The van der Waals surface area contributed by atoms with Crippen molar-refractivity contribution in [2.45, 2.75) is 51.5 Å². The summed E-state index contributed by atoms with van der Waals surface area (Å²) in [4.78, 5) is 29.0. The number of unbranched alkanes of at least 4 members (excludes halogenated alkanes) is 2. The molecule has 1 heterocycles. The molecule has 0 saturated carbocycles. The van der Waals surface area contributed by atoms with Gasteiger partial charge in [0.05, 0.1) is 5.69 Å². The van der Waals surface area contributed by atoms with Crippen LogP contribution in [0.5, 0.6) is 0 Å². The Bertz CT molecular complexity index is 803. The van der Waals surface area contributed by atoms with Crippen molar-refractivity contribution in [3.8, 4) is 0 Å². The van der Waals surface area contributed by atoms with Gasteiger partial charge in [-0.2, -0.15) is 0 Å². The van der Waals surface area contributed by atoms with E-state index in [0.29, 0.717) is 24.2 Å². The first-order valence-electron chi connectivity index (χ1n) is 9.94. The molecule has 2 aromatic carbocycles. The van der Waals surface area contributed by atoms with Crippen molar-refractivity contribution in [1.29, 1.82) is 0 Å². The van der Waals surface area contributed by atoms with Crippen LogP contribution in [0.2, 0.25) is 0 Å². The van der Waals surface area contributed by atoms with Crippen LogP contribution in [0.3, 0.4) is 0 Å². The minimum absolute atomic E-state index is 0.0974. The summed E-state index contributed by atoms with van der Waals surface area (Å²) in [6, 6.07) is 17.0. The quantitative estimate of drug-likeness (QED) is 0.537. The molecule has 0 aromatic heterocycles. The lowest BCUT2D eigenvalue weighted by Gasteiger charge is -2.42. The van der Waals surface area contributed by atoms with Crippen molar-refractivity contribution in [2.75, 3.05) is 11.4 Å². The zero-order valence-electron chi connectivity index (χ0n) is 16.2. The molecule has 1 unspecified atom stereocenters. The highest BCUT2D eigenvalue weighted by atomic mass is 16.2. The summed E-state index contributed by atoms with van der Waals surface area (Å²) in [5.74, 6) is -0.262. The van der Waals surface area contributed by atoms with E-state index in [0.717, 1.165) is 31.4 Å². The Morgan fingerprint density at radius 3 is 2.26 bits per heavy atom. The van der Waals surface area contributed by atoms with Gasteiger partial charge in [-0.05, 0) is 43.7 Å². The lowest BCUT2D eigenvalue weighted by Crippen LogP contribution is -2.65. The number of nitrogens with one attached hydrogen (secondary N) is 1. The van der Waals surface area contributed by atoms with Gasteiger partial charge in [0, 0.05) is 11.3 Å². The van der Waals surface area contributed by atoms with E-state index in [1.54, 1.807) is 4.90 Å². The van der Waals surface area contributed by atoms with Gasteiger partial charge in [-0.1, -0.05) is 63.4 Å². The molecule has 3 rings (SSSR count). The van der Waals surface area contributed by atoms with Crippen LogP contribution in [0.15, 0.2) is 54.6 Å². The third-order valence-electron chi connectivity index (χ3n) is 5.22. The number of carbonyl (C=O) groups is 2. The third kappa shape index (κ3) is 3.54. The van der Waals surface area contributed by atoms with Gasteiger partial charge in [0.15, 0.2) is 11.3 Å². The normalized spacial score (nSPS) is 19.3. The SMILES string of the molecule is CCCCNC1(CCCC)C(=O)c2ccccc2N(c2ccccc2)C1=O. The summed E-state index contributed by atoms with van der Waals surface area (Å²) in [5, 5.41) is 3.37. The average Bonchev–Trinajstić information content (AvgIpc) is 2.71. The van der Waals surface area contributed by atoms with Gasteiger partial charge < -0.3 is 0 Å². The van der Waals surface area contributed by atoms with Crippen LogP contribution < -0.4 is 10.2 Å². The van der Waals surface area contributed by atoms with Gasteiger partial charge in [0.25, 0.3) is 5.91 Å². The maximum Gasteiger partial charge on any atom is 0.259 e. The highest BCUT2D eigenvalue weighted by Crippen LogP contribution is 2.39. The minimum atomic E-state index is -1.19. The topological polar surface area (TPSA) is 49.4 Å². The highest BCUT2D eigenvalue weighted by molar-refractivity contribution is 6.30. The van der Waals surface area contributed by atoms with Crippen LogP contribution in [-0.4, -0.2) is 23.8 Å². The Hall–Kier alpha value is -2.46. The number of benzene rings is 2. The number of amides is 1. The number of hydrogen-bond donors (Lipinski definition) is 1. The number of Topliss-reactive ketones (excluding diaryl/α,β-unsaturated/α-hetero) is 1. The van der Waals surface area contributed by atoms with Crippen LogP contribution >= 0.6 is 0 Å². The molecule has 0 bridgehead atoms. The monoisotopic (exact) mass is 364 g/mol. The van der Waals surface area contributed by atoms with Crippen LogP contribution in [0.1, 0.15) is 56.3 Å². The second-order valence-corrected chi connectivity index (χ2v) is 7.11. The first-order chi connectivity index (χ1) is 13.2. The fourth-order valence-electron chi connectivity index (χ4n) is 3.71. The molecule has 27 heavy (non-hydrogen) atoms. The fourth-order valence-corrected chi connectivity index (χ4v) is 3.71. The summed E-state index contributed by atoms with van der Waals surface area (Å²) in [6.45, 7) is 4.85. The van der Waals surface area contributed by atoms with Crippen LogP contribution in [-0.2, 0) is 4.79 Å². The molecule has 2 aromatic rings. The van der Waals surface area contributed by atoms with Gasteiger partial charge in [0.2, 0.25) is 0 Å². The van der Waals surface area contributed by atoms with Crippen molar-refractivity contribution in [1.82, 2.24) is 5.32 Å². The Morgan fingerprint density at radius 2 is 1.56 bits per heavy atom. The molecule has 4 nitrogen and oxygen atoms in total. The average molecular weight is 364 g/mol. The molecule has 0 saturated heterocycles. The third-order valence-corrected chi connectivity index (χ3v) is 5.22. The first kappa shape index (κ1) is 19.3. The largest absolute Gasteiger partial charge is 0.297 e. The van der Waals surface area contributed by atoms with E-state index in [9.17, 15) is 9.59 Å². The molecule has 4 heteroatoms. The predicted molar refractivity (Wildman–Crippen MR) is 110 cm³/mol. The maximum atomic E-state index is 13.8. The molecular weight excluding hydrogens is 336 g/mol. The van der Waals surface area contributed by atoms with E-state index < -0.39 is 5.54 Å². The molecule has 1 aliphatic rings. The molecule has 0 fully saturated rings. The number of anilines is 2. The van der Waals surface area contributed by atoms with E-state index in [4.69, 9.17) is 0 Å². The van der Waals surface area contributed by atoms with Crippen molar-refractivity contribution >= 4 is 23.1 Å². The first-order valence-corrected chi connectivity index (χ1v) is 9.94. The molecule has 1 aliphatic heterocycles. The maximum absolute atomic E-state index is 13.8. The van der Waals surface area contributed by atoms with Gasteiger partial charge in [-0.15, -0.1) is 0 Å². The van der Waals surface area contributed by atoms with E-state index in [-0.39, 0.29) is 11.7 Å². The zero-order chi connectivity index (χ0) is 19.3. The predicted octanol–water partition coefficient (Wildman–Crippen LogP) is 4.87. The van der Waals surface area contributed by atoms with E-state index in [2.05, 4.69) is 19.2 Å². The van der Waals surface area contributed by atoms with Gasteiger partial charge in [-0.25, -0.2) is 0 Å². The number of hydrogen-bond acceptors (Lipinski definition) is 3. The van der Waals surface area contributed by atoms with Gasteiger partial charge >= 0.3 is 0 Å². The van der Waals surface area contributed by atoms with Crippen molar-refractivity contribution in [3.05, 3.63) is 60.2 Å². The van der Waals surface area contributed by atoms with Crippen molar-refractivity contribution in [3.63, 3.8) is 0 Å². The number of para-hydroxylation sites is 2. The molecule has 1 atom stereocenters. The number of rotatable bonds is 8. The lowest BCUT2D eigenvalue weighted by atomic mass is 9.79. The Labute approximate surface area is 161 Å². The van der Waals surface area contributed by atoms with Gasteiger partial charge in [0.1, 0.15) is 0 Å². The number of carbonyl (C=O) groups excluding carboxylic acids is 2. The summed E-state index contributed by atoms with van der Waals surface area (Å²) in [6.07, 6.45) is 4.22. The molecule has 142 valence electrons. The standard InChI is InChI=1S/C23H28N2O2/c1-3-5-16-23(24-17-6-4-2)21(26)19-14-10-11-15-20(19)25(22(23)27)18-12-8-7-9-13-18/h7-15,24H,3-6,16-17H2,1-2H3. The van der Waals surface area contributed by atoms with Crippen LogP contribution in [0, 0.1) is 0 Å². The molecule has 1 N–H and O–H groups in total. The van der Waals surface area contributed by atoms with E-state index in [1.165, 1.54) is 0 Å². The van der Waals surface area contributed by atoms with E-state index in [1.807, 2.05) is 54.6 Å². The highest BCUT2D eigenvalue weighted by Gasteiger charge is 2.52. The van der Waals surface area contributed by atoms with E-state index >= 15 is 0 Å². The number of nitrogens with zero attached hydrogens (tertiary/aromatic N) is 1. The van der Waals surface area contributed by atoms with Crippen LogP contribution in [0.4, 0.5) is 11.4 Å². The lowest BCUT2D eigenvalue weighted by molar-refractivity contribution is -0.123. The molecule has 0 spiro atoms. The summed E-state index contributed by atoms with van der Waals surface area (Å²) in [5.41, 5.74) is 0.889. The summed E-state index contributed by atoms with van der Waals surface area (Å²) in [7, 11) is 0. The number of fused-ring (bicyclic) bond motifs is 1. The Kier molecular flexibility index (Phi) is 6.07. The molecule has 0 radical (unpaired) electrons. The molecular formula is C23H28N2O2. The zero-order valence-corrected chi connectivity index (χ0v) is 16.2. The second-order valence-electron chi connectivity index (χ2n) is 7.11. The smallest absolute Gasteiger partial charge is 0.259 e. The Morgan fingerprint density at radius 1 is 0.889 bits per heavy atom. The van der Waals surface area contributed by atoms with Crippen molar-refractivity contribution in [2.24, 2.45) is 0 Å². The minimum Gasteiger partial charge on any atom is -0.297 e.